The molecule has 1 aromatic rings. The third-order valence-electron chi connectivity index (χ3n) is 2.80. The van der Waals surface area contributed by atoms with Crippen LogP contribution >= 0.6 is 15.9 Å². The van der Waals surface area contributed by atoms with Gasteiger partial charge in [0, 0.05) is 24.7 Å². The smallest absolute Gasteiger partial charge is 0.326 e. The highest BCUT2D eigenvalue weighted by Crippen LogP contribution is 2.21. The summed E-state index contributed by atoms with van der Waals surface area (Å²) >= 11 is 3.15. The standard InChI is InChI=1S/C11H11BrN2O4/c12-9-3-6(1-2-13-9)10(16)14-5-7(15)4-8(14)11(17)18/h1-3,7-8,15H,4-5H2,(H,17,18). The minimum Gasteiger partial charge on any atom is -0.480 e. The molecule has 0 bridgehead atoms. The molecule has 96 valence electrons. The van der Waals surface area contributed by atoms with Crippen LogP contribution in [0.5, 0.6) is 0 Å². The van der Waals surface area contributed by atoms with E-state index >= 15 is 0 Å². The quantitative estimate of drug-likeness (QED) is 0.776. The van der Waals surface area contributed by atoms with E-state index in [2.05, 4.69) is 20.9 Å². The Morgan fingerprint density at radius 1 is 1.50 bits per heavy atom. The maximum absolute atomic E-state index is 12.2. The van der Waals surface area contributed by atoms with Gasteiger partial charge in [-0.25, -0.2) is 9.78 Å². The molecule has 0 aromatic carbocycles. The third kappa shape index (κ3) is 2.51. The molecule has 18 heavy (non-hydrogen) atoms. The van der Waals surface area contributed by atoms with Crippen LogP contribution in [0.15, 0.2) is 22.9 Å². The predicted octanol–water partition coefficient (Wildman–Crippen LogP) is 0.504. The monoisotopic (exact) mass is 314 g/mol. The van der Waals surface area contributed by atoms with E-state index in [1.807, 2.05) is 0 Å². The molecule has 1 aliphatic rings. The van der Waals surface area contributed by atoms with Gasteiger partial charge >= 0.3 is 5.97 Å². The normalized spacial score (nSPS) is 23.1. The zero-order valence-corrected chi connectivity index (χ0v) is 10.9. The van der Waals surface area contributed by atoms with Gasteiger partial charge in [-0.3, -0.25) is 4.79 Å². The second-order valence-corrected chi connectivity index (χ2v) is 4.88. The molecule has 2 atom stereocenters. The van der Waals surface area contributed by atoms with Crippen LogP contribution in [0.1, 0.15) is 16.8 Å². The minimum absolute atomic E-state index is 0.0374. The molecule has 0 spiro atoms. The number of β-amino-alcohol motifs (C(OH)–C–C–N with tert-alkyl or cyclic N) is 1. The van der Waals surface area contributed by atoms with Gasteiger partial charge in [-0.2, -0.15) is 0 Å². The van der Waals surface area contributed by atoms with E-state index < -0.39 is 24.0 Å². The largest absolute Gasteiger partial charge is 0.480 e. The van der Waals surface area contributed by atoms with Gasteiger partial charge in [0.2, 0.25) is 0 Å². The van der Waals surface area contributed by atoms with E-state index in [1.165, 1.54) is 23.2 Å². The second kappa shape index (κ2) is 5.03. The number of likely N-dealkylation sites (tertiary alicyclic amines) is 1. The molecule has 2 N–H and O–H groups in total. The molecule has 1 fully saturated rings. The van der Waals surface area contributed by atoms with Crippen molar-refractivity contribution >= 4 is 27.8 Å². The van der Waals surface area contributed by atoms with Gasteiger partial charge in [0.1, 0.15) is 10.6 Å². The topological polar surface area (TPSA) is 90.7 Å². The van der Waals surface area contributed by atoms with E-state index in [9.17, 15) is 14.7 Å². The van der Waals surface area contributed by atoms with E-state index in [0.717, 1.165) is 0 Å². The molecule has 6 nitrogen and oxygen atoms in total. The number of hydrogen-bond acceptors (Lipinski definition) is 4. The lowest BCUT2D eigenvalue weighted by Crippen LogP contribution is -2.40. The summed E-state index contributed by atoms with van der Waals surface area (Å²) in [5.74, 6) is -1.52. The van der Waals surface area contributed by atoms with E-state index in [1.54, 1.807) is 0 Å². The van der Waals surface area contributed by atoms with Crippen molar-refractivity contribution in [3.8, 4) is 0 Å². The molecular formula is C11H11BrN2O4. The third-order valence-corrected chi connectivity index (χ3v) is 3.23. The van der Waals surface area contributed by atoms with Crippen LogP contribution in [0.3, 0.4) is 0 Å². The summed E-state index contributed by atoms with van der Waals surface area (Å²) in [5, 5.41) is 18.5. The number of amides is 1. The van der Waals surface area contributed by atoms with Crippen LogP contribution in [0.4, 0.5) is 0 Å². The maximum Gasteiger partial charge on any atom is 0.326 e. The fourth-order valence-corrected chi connectivity index (χ4v) is 2.34. The van der Waals surface area contributed by atoms with Crippen LogP contribution < -0.4 is 0 Å². The molecular weight excluding hydrogens is 304 g/mol. The Bertz CT molecular complexity index is 494. The number of halogens is 1. The number of aliphatic carboxylic acids is 1. The van der Waals surface area contributed by atoms with Gasteiger partial charge in [0.15, 0.2) is 0 Å². The molecule has 0 saturated carbocycles. The van der Waals surface area contributed by atoms with Crippen molar-refractivity contribution < 1.29 is 19.8 Å². The molecule has 2 heterocycles. The van der Waals surface area contributed by atoms with Gasteiger partial charge in [0.05, 0.1) is 6.10 Å². The number of rotatable bonds is 2. The number of aliphatic hydroxyl groups excluding tert-OH is 1. The fraction of sp³-hybridized carbons (Fsp3) is 0.364. The lowest BCUT2D eigenvalue weighted by molar-refractivity contribution is -0.141. The summed E-state index contributed by atoms with van der Waals surface area (Å²) < 4.78 is 0.500. The average Bonchev–Trinajstić information content (AvgIpc) is 2.70. The molecule has 0 radical (unpaired) electrons. The summed E-state index contributed by atoms with van der Waals surface area (Å²) in [6, 6.07) is 2.06. The molecule has 1 aromatic heterocycles. The highest BCUT2D eigenvalue weighted by atomic mass is 79.9. The summed E-state index contributed by atoms with van der Waals surface area (Å²) in [5.41, 5.74) is 0.345. The fourth-order valence-electron chi connectivity index (χ4n) is 1.97. The molecule has 0 aliphatic carbocycles. The number of hydrogen-bond donors (Lipinski definition) is 2. The number of carbonyl (C=O) groups is 2. The van der Waals surface area contributed by atoms with E-state index in [4.69, 9.17) is 5.11 Å². The molecule has 2 unspecified atom stereocenters. The number of pyridine rings is 1. The van der Waals surface area contributed by atoms with Gasteiger partial charge in [-0.05, 0) is 28.1 Å². The summed E-state index contributed by atoms with van der Waals surface area (Å²) in [6.07, 6.45) is 0.729. The van der Waals surface area contributed by atoms with Crippen molar-refractivity contribution in [3.05, 3.63) is 28.5 Å². The number of nitrogens with zero attached hydrogens (tertiary/aromatic N) is 2. The van der Waals surface area contributed by atoms with Crippen molar-refractivity contribution in [1.29, 1.82) is 0 Å². The van der Waals surface area contributed by atoms with Crippen LogP contribution in [0.25, 0.3) is 0 Å². The highest BCUT2D eigenvalue weighted by molar-refractivity contribution is 9.10. The highest BCUT2D eigenvalue weighted by Gasteiger charge is 2.39. The zero-order valence-electron chi connectivity index (χ0n) is 9.28. The number of carboxylic acids is 1. The first-order valence-electron chi connectivity index (χ1n) is 5.32. The second-order valence-electron chi connectivity index (χ2n) is 4.07. The maximum atomic E-state index is 12.2. The van der Waals surface area contributed by atoms with Crippen LogP contribution in [-0.2, 0) is 4.79 Å². The minimum atomic E-state index is -1.10. The van der Waals surface area contributed by atoms with Gasteiger partial charge in [-0.15, -0.1) is 0 Å². The van der Waals surface area contributed by atoms with Crippen molar-refractivity contribution in [3.63, 3.8) is 0 Å². The number of carboxylic acid groups (broad SMARTS) is 1. The van der Waals surface area contributed by atoms with Crippen LogP contribution in [-0.4, -0.2) is 50.7 Å². The lowest BCUT2D eigenvalue weighted by Gasteiger charge is -2.21. The zero-order chi connectivity index (χ0) is 13.3. The van der Waals surface area contributed by atoms with Gasteiger partial charge < -0.3 is 15.1 Å². The van der Waals surface area contributed by atoms with Gasteiger partial charge in [0.25, 0.3) is 5.91 Å². The van der Waals surface area contributed by atoms with Crippen LogP contribution in [0, 0.1) is 0 Å². The first-order valence-corrected chi connectivity index (χ1v) is 6.11. The first-order chi connectivity index (χ1) is 8.49. The Hall–Kier alpha value is -1.47. The van der Waals surface area contributed by atoms with Crippen molar-refractivity contribution in [2.45, 2.75) is 18.6 Å². The van der Waals surface area contributed by atoms with Crippen molar-refractivity contribution in [2.75, 3.05) is 6.54 Å². The average molecular weight is 315 g/mol. The van der Waals surface area contributed by atoms with E-state index in [0.29, 0.717) is 10.2 Å². The Morgan fingerprint density at radius 2 is 2.22 bits per heavy atom. The molecule has 1 aliphatic heterocycles. The summed E-state index contributed by atoms with van der Waals surface area (Å²) in [4.78, 5) is 28.3. The Morgan fingerprint density at radius 3 is 2.83 bits per heavy atom. The predicted molar refractivity (Wildman–Crippen MR) is 65.0 cm³/mol. The summed E-state index contributed by atoms with van der Waals surface area (Å²) in [7, 11) is 0. The first kappa shape index (κ1) is 13.0. The molecule has 7 heteroatoms. The van der Waals surface area contributed by atoms with E-state index in [-0.39, 0.29) is 13.0 Å². The molecule has 1 amide bonds. The summed E-state index contributed by atoms with van der Waals surface area (Å²) in [6.45, 7) is 0.0374. The van der Waals surface area contributed by atoms with Gasteiger partial charge in [-0.1, -0.05) is 0 Å². The van der Waals surface area contributed by atoms with Crippen LogP contribution in [0.2, 0.25) is 0 Å². The molecule has 2 rings (SSSR count). The lowest BCUT2D eigenvalue weighted by atomic mass is 10.2. The van der Waals surface area contributed by atoms with Crippen molar-refractivity contribution in [1.82, 2.24) is 9.88 Å². The number of carbonyl (C=O) groups excluding carboxylic acids is 1. The Labute approximate surface area is 111 Å². The SMILES string of the molecule is O=C(O)C1CC(O)CN1C(=O)c1ccnc(Br)c1. The van der Waals surface area contributed by atoms with Crippen molar-refractivity contribution in [2.24, 2.45) is 0 Å². The molecule has 1 saturated heterocycles. The number of aliphatic hydroxyl groups is 1. The Balaban J connectivity index is 2.25. The Kier molecular flexibility index (Phi) is 3.63. The number of aromatic nitrogens is 1.